The maximum Gasteiger partial charge on any atom is 0.254 e. The molecular weight excluding hydrogens is 367 g/mol. The largest absolute Gasteiger partial charge is 0.338 e. The molecule has 1 aliphatic rings. The van der Waals surface area contributed by atoms with Gasteiger partial charge in [-0.25, -0.2) is 18.2 Å². The number of benzene rings is 2. The Labute approximate surface area is 159 Å². The molecule has 0 saturated heterocycles. The number of carbonyl (C=O) groups excluding carboxylic acids is 1. The van der Waals surface area contributed by atoms with Gasteiger partial charge in [0.25, 0.3) is 5.91 Å². The van der Waals surface area contributed by atoms with E-state index < -0.39 is 17.5 Å². The number of hydrogen-bond acceptors (Lipinski definition) is 3. The minimum Gasteiger partial charge on any atom is -0.338 e. The quantitative estimate of drug-likeness (QED) is 0.680. The topological polar surface area (TPSA) is 45.2 Å². The van der Waals surface area contributed by atoms with E-state index >= 15 is 0 Å². The molecule has 0 radical (unpaired) electrons. The Bertz CT molecular complexity index is 1050. The number of hydrogen-bond donors (Lipinski definition) is 1. The number of fused-ring (bicyclic) bond motifs is 1. The molecule has 1 aromatic heterocycles. The van der Waals surface area contributed by atoms with Crippen LogP contribution in [0.3, 0.4) is 0 Å². The second-order valence-electron chi connectivity index (χ2n) is 6.52. The molecule has 0 spiro atoms. The summed E-state index contributed by atoms with van der Waals surface area (Å²) in [7, 11) is 0. The third kappa shape index (κ3) is 3.43. The Morgan fingerprint density at radius 2 is 1.79 bits per heavy atom. The molecule has 2 aromatic carbocycles. The van der Waals surface area contributed by atoms with Crippen LogP contribution in [0.2, 0.25) is 0 Å². The van der Waals surface area contributed by atoms with Gasteiger partial charge in [0.15, 0.2) is 17.5 Å². The number of amides is 1. The second-order valence-corrected chi connectivity index (χ2v) is 6.52. The number of anilines is 2. The van der Waals surface area contributed by atoms with E-state index in [0.29, 0.717) is 18.7 Å². The monoisotopic (exact) mass is 383 g/mol. The van der Waals surface area contributed by atoms with Crippen molar-refractivity contribution in [2.24, 2.45) is 0 Å². The number of aromatic nitrogens is 1. The molecule has 2 heterocycles. The smallest absolute Gasteiger partial charge is 0.254 e. The van der Waals surface area contributed by atoms with Crippen LogP contribution in [0.5, 0.6) is 0 Å². The lowest BCUT2D eigenvalue weighted by atomic mass is 9.99. The van der Waals surface area contributed by atoms with Crippen molar-refractivity contribution in [3.05, 3.63) is 88.9 Å². The number of pyridine rings is 1. The van der Waals surface area contributed by atoms with E-state index in [1.807, 2.05) is 18.2 Å². The van der Waals surface area contributed by atoms with Crippen LogP contribution in [-0.4, -0.2) is 22.3 Å². The molecule has 0 aliphatic carbocycles. The Morgan fingerprint density at radius 1 is 1.00 bits per heavy atom. The summed E-state index contributed by atoms with van der Waals surface area (Å²) >= 11 is 0. The molecule has 1 amide bonds. The van der Waals surface area contributed by atoms with Crippen molar-refractivity contribution in [1.82, 2.24) is 9.88 Å². The lowest BCUT2D eigenvalue weighted by Crippen LogP contribution is -2.35. The van der Waals surface area contributed by atoms with Crippen LogP contribution in [0, 0.1) is 17.5 Å². The van der Waals surface area contributed by atoms with Crippen molar-refractivity contribution in [2.45, 2.75) is 13.0 Å². The molecular formula is C21H16F3N3O. The first-order valence-electron chi connectivity index (χ1n) is 8.75. The van der Waals surface area contributed by atoms with E-state index in [4.69, 9.17) is 0 Å². The fraction of sp³-hybridized carbons (Fsp3) is 0.143. The number of nitrogens with zero attached hydrogens (tertiary/aromatic N) is 2. The zero-order valence-electron chi connectivity index (χ0n) is 14.8. The first-order chi connectivity index (χ1) is 13.5. The van der Waals surface area contributed by atoms with Gasteiger partial charge in [-0.3, -0.25) is 4.79 Å². The summed E-state index contributed by atoms with van der Waals surface area (Å²) in [6.07, 6.45) is 2.18. The first-order valence-corrected chi connectivity index (χ1v) is 8.75. The number of carbonyl (C=O) groups is 1. The summed E-state index contributed by atoms with van der Waals surface area (Å²) in [6.45, 7) is 1.11. The number of nitrogens with one attached hydrogen (secondary N) is 1. The molecule has 0 unspecified atom stereocenters. The minimum atomic E-state index is -1.57. The number of halogens is 3. The zero-order valence-corrected chi connectivity index (χ0v) is 14.8. The average molecular weight is 383 g/mol. The van der Waals surface area contributed by atoms with Gasteiger partial charge in [-0.2, -0.15) is 0 Å². The van der Waals surface area contributed by atoms with Gasteiger partial charge in [-0.15, -0.1) is 0 Å². The zero-order chi connectivity index (χ0) is 19.7. The summed E-state index contributed by atoms with van der Waals surface area (Å²) in [5.41, 5.74) is 2.46. The van der Waals surface area contributed by atoms with Gasteiger partial charge in [0.1, 0.15) is 5.82 Å². The van der Waals surface area contributed by atoms with Gasteiger partial charge in [0, 0.05) is 24.8 Å². The maximum absolute atomic E-state index is 13.9. The van der Waals surface area contributed by atoms with Crippen LogP contribution in [0.25, 0.3) is 0 Å². The Morgan fingerprint density at radius 3 is 2.61 bits per heavy atom. The van der Waals surface area contributed by atoms with Crippen LogP contribution in [0.15, 0.2) is 54.7 Å². The predicted octanol–water partition coefficient (Wildman–Crippen LogP) is 4.44. The number of rotatable bonds is 3. The van der Waals surface area contributed by atoms with Gasteiger partial charge in [0.05, 0.1) is 5.69 Å². The minimum absolute atomic E-state index is 0.160. The highest BCUT2D eigenvalue weighted by atomic mass is 19.2. The van der Waals surface area contributed by atoms with E-state index in [-0.39, 0.29) is 17.4 Å². The van der Waals surface area contributed by atoms with E-state index in [9.17, 15) is 18.0 Å². The fourth-order valence-electron chi connectivity index (χ4n) is 3.24. The first kappa shape index (κ1) is 18.0. The van der Waals surface area contributed by atoms with Crippen LogP contribution in [0.1, 0.15) is 21.5 Å². The van der Waals surface area contributed by atoms with E-state index in [0.717, 1.165) is 24.1 Å². The van der Waals surface area contributed by atoms with Gasteiger partial charge in [-0.1, -0.05) is 24.3 Å². The molecule has 142 valence electrons. The van der Waals surface area contributed by atoms with Crippen molar-refractivity contribution in [3.8, 4) is 0 Å². The Kier molecular flexibility index (Phi) is 4.73. The molecule has 1 aliphatic heterocycles. The normalized spacial score (nSPS) is 13.2. The van der Waals surface area contributed by atoms with Gasteiger partial charge in [0.2, 0.25) is 0 Å². The van der Waals surface area contributed by atoms with Gasteiger partial charge < -0.3 is 10.2 Å². The van der Waals surface area contributed by atoms with Crippen LogP contribution < -0.4 is 5.32 Å². The Hall–Kier alpha value is -3.35. The highest BCUT2D eigenvalue weighted by Crippen LogP contribution is 2.24. The molecule has 4 nitrogen and oxygen atoms in total. The highest BCUT2D eigenvalue weighted by Gasteiger charge is 2.22. The lowest BCUT2D eigenvalue weighted by molar-refractivity contribution is 0.0734. The van der Waals surface area contributed by atoms with Crippen molar-refractivity contribution < 1.29 is 18.0 Å². The molecule has 4 rings (SSSR count). The predicted molar refractivity (Wildman–Crippen MR) is 98.7 cm³/mol. The van der Waals surface area contributed by atoms with E-state index in [1.54, 1.807) is 11.0 Å². The van der Waals surface area contributed by atoms with Gasteiger partial charge in [-0.05, 0) is 41.8 Å². The summed E-state index contributed by atoms with van der Waals surface area (Å²) < 4.78 is 40.3. The molecule has 0 bridgehead atoms. The van der Waals surface area contributed by atoms with E-state index in [2.05, 4.69) is 16.4 Å². The van der Waals surface area contributed by atoms with Crippen LogP contribution in [-0.2, 0) is 13.0 Å². The molecule has 3 aromatic rings. The summed E-state index contributed by atoms with van der Waals surface area (Å²) in [5, 5.41) is 2.59. The van der Waals surface area contributed by atoms with Crippen LogP contribution in [0.4, 0.5) is 24.7 Å². The summed E-state index contributed by atoms with van der Waals surface area (Å²) in [4.78, 5) is 18.6. The summed E-state index contributed by atoms with van der Waals surface area (Å²) in [5.74, 6) is -4.19. The molecule has 0 atom stereocenters. The standard InChI is InChI=1S/C21H16F3N3O/c22-16-5-6-17(20(24)19(16)23)26-18-11-14(7-9-25-18)21(28)27-10-8-13-3-1-2-4-15(13)12-27/h1-7,9,11H,8,10,12H2,(H,25,26). The van der Waals surface area contributed by atoms with Crippen molar-refractivity contribution in [1.29, 1.82) is 0 Å². The lowest BCUT2D eigenvalue weighted by Gasteiger charge is -2.29. The Balaban J connectivity index is 1.54. The molecule has 0 fully saturated rings. The summed E-state index contributed by atoms with van der Waals surface area (Å²) in [6, 6.07) is 12.9. The third-order valence-corrected chi connectivity index (χ3v) is 4.72. The average Bonchev–Trinajstić information content (AvgIpc) is 2.73. The molecule has 28 heavy (non-hydrogen) atoms. The molecule has 1 N–H and O–H groups in total. The highest BCUT2D eigenvalue weighted by molar-refractivity contribution is 5.95. The molecule has 0 saturated carbocycles. The third-order valence-electron chi connectivity index (χ3n) is 4.72. The maximum atomic E-state index is 13.9. The van der Waals surface area contributed by atoms with Gasteiger partial charge >= 0.3 is 0 Å². The molecule has 7 heteroatoms. The van der Waals surface area contributed by atoms with E-state index in [1.165, 1.54) is 17.8 Å². The SMILES string of the molecule is O=C(c1ccnc(Nc2ccc(F)c(F)c2F)c1)N1CCc2ccccc2C1. The van der Waals surface area contributed by atoms with Crippen molar-refractivity contribution >= 4 is 17.4 Å². The second kappa shape index (κ2) is 7.34. The van der Waals surface area contributed by atoms with Crippen molar-refractivity contribution in [2.75, 3.05) is 11.9 Å². The van der Waals surface area contributed by atoms with Crippen molar-refractivity contribution in [3.63, 3.8) is 0 Å². The fourth-order valence-corrected chi connectivity index (χ4v) is 3.24. The van der Waals surface area contributed by atoms with Crippen LogP contribution >= 0.6 is 0 Å².